The molecule has 23 heavy (non-hydrogen) atoms. The minimum absolute atomic E-state index is 0.0918. The van der Waals surface area contributed by atoms with Crippen LogP contribution < -0.4 is 0 Å². The van der Waals surface area contributed by atoms with Crippen LogP contribution in [0, 0.1) is 5.41 Å². The monoisotopic (exact) mass is 324 g/mol. The zero-order valence-electron chi connectivity index (χ0n) is 12.8. The normalized spacial score (nSPS) is 42.1. The van der Waals surface area contributed by atoms with Crippen LogP contribution in [0.3, 0.4) is 0 Å². The van der Waals surface area contributed by atoms with Crippen LogP contribution in [0.25, 0.3) is 0 Å². The lowest BCUT2D eigenvalue weighted by atomic mass is 9.76. The lowest BCUT2D eigenvalue weighted by Crippen LogP contribution is -2.63. The van der Waals surface area contributed by atoms with E-state index >= 15 is 0 Å². The van der Waals surface area contributed by atoms with Gasteiger partial charge in [0.15, 0.2) is 17.0 Å². The van der Waals surface area contributed by atoms with Crippen molar-refractivity contribution in [2.75, 3.05) is 6.61 Å². The molecule has 1 aromatic rings. The van der Waals surface area contributed by atoms with Gasteiger partial charge in [0, 0.05) is 5.56 Å². The second kappa shape index (κ2) is 4.60. The van der Waals surface area contributed by atoms with Gasteiger partial charge in [0.2, 0.25) is 5.79 Å². The van der Waals surface area contributed by atoms with Gasteiger partial charge in [0.25, 0.3) is 0 Å². The fraction of sp³-hybridized carbons (Fsp3) is 0.562. The number of ether oxygens (including phenoxy) is 1. The van der Waals surface area contributed by atoms with Crippen molar-refractivity contribution < 1.29 is 35.1 Å². The highest BCUT2D eigenvalue weighted by Gasteiger charge is 2.98. The number of fused-ring (bicyclic) bond motifs is 1. The summed E-state index contributed by atoms with van der Waals surface area (Å²) in [4.78, 5) is 12.9. The maximum Gasteiger partial charge on any atom is 0.208 e. The van der Waals surface area contributed by atoms with Gasteiger partial charge in [-0.25, -0.2) is 0 Å². The van der Waals surface area contributed by atoms with E-state index in [0.29, 0.717) is 0 Å². The molecule has 0 spiro atoms. The standard InChI is InChI=1S/C16H20O7/c1-13(2)15(21)14(20,11(19)9-6-4-3-5-7-9)12(10(18)8-17)23-16(13,15)22/h3-7,10,12,17-18,20-22H,8H2,1-2H3/t10-,12-,14-,15-,16?/m1/s1. The van der Waals surface area contributed by atoms with E-state index in [2.05, 4.69) is 0 Å². The van der Waals surface area contributed by atoms with E-state index in [0.717, 1.165) is 0 Å². The van der Waals surface area contributed by atoms with Crippen molar-refractivity contribution in [1.29, 1.82) is 0 Å². The molecule has 5 atom stereocenters. The van der Waals surface area contributed by atoms with E-state index in [1.807, 2.05) is 0 Å². The molecular formula is C16H20O7. The lowest BCUT2D eigenvalue weighted by Gasteiger charge is -2.37. The Balaban J connectivity index is 2.13. The van der Waals surface area contributed by atoms with Crippen molar-refractivity contribution in [2.24, 2.45) is 5.41 Å². The van der Waals surface area contributed by atoms with Gasteiger partial charge in [-0.3, -0.25) is 4.79 Å². The molecule has 0 amide bonds. The van der Waals surface area contributed by atoms with Crippen molar-refractivity contribution in [3.05, 3.63) is 35.9 Å². The predicted octanol–water partition coefficient (Wildman–Crippen LogP) is -1.19. The minimum atomic E-state index is -2.60. The molecular weight excluding hydrogens is 304 g/mol. The quantitative estimate of drug-likeness (QED) is 0.441. The zero-order chi connectivity index (χ0) is 17.3. The number of Topliss-reactive ketones (excluding diaryl/α,β-unsaturated/α-hetero) is 1. The van der Waals surface area contributed by atoms with Crippen LogP contribution in [0.15, 0.2) is 30.3 Å². The van der Waals surface area contributed by atoms with Gasteiger partial charge in [-0.15, -0.1) is 0 Å². The van der Waals surface area contributed by atoms with Gasteiger partial charge in [0.05, 0.1) is 12.0 Å². The van der Waals surface area contributed by atoms with Crippen molar-refractivity contribution in [3.63, 3.8) is 0 Å². The summed E-state index contributed by atoms with van der Waals surface area (Å²) in [6.07, 6.45) is -3.31. The van der Waals surface area contributed by atoms with E-state index in [4.69, 9.17) is 9.84 Å². The molecule has 7 heteroatoms. The average molecular weight is 324 g/mol. The molecule has 1 saturated heterocycles. The van der Waals surface area contributed by atoms with Crippen LogP contribution in [-0.2, 0) is 4.74 Å². The Morgan fingerprint density at radius 2 is 1.78 bits per heavy atom. The molecule has 1 saturated carbocycles. The zero-order valence-corrected chi connectivity index (χ0v) is 12.8. The van der Waals surface area contributed by atoms with Crippen LogP contribution in [0.1, 0.15) is 24.2 Å². The van der Waals surface area contributed by atoms with E-state index in [9.17, 15) is 25.2 Å². The van der Waals surface area contributed by atoms with Gasteiger partial charge in [-0.2, -0.15) is 0 Å². The molecule has 7 nitrogen and oxygen atoms in total. The number of ketones is 1. The van der Waals surface area contributed by atoms with E-state index in [-0.39, 0.29) is 5.56 Å². The van der Waals surface area contributed by atoms with Crippen LogP contribution in [0.5, 0.6) is 0 Å². The number of rotatable bonds is 4. The predicted molar refractivity (Wildman–Crippen MR) is 77.4 cm³/mol. The first-order chi connectivity index (χ1) is 10.6. The summed E-state index contributed by atoms with van der Waals surface area (Å²) in [6, 6.07) is 7.73. The van der Waals surface area contributed by atoms with Crippen molar-refractivity contribution in [3.8, 4) is 0 Å². The third-order valence-electron chi connectivity index (χ3n) is 5.36. The maximum atomic E-state index is 12.9. The number of aliphatic hydroxyl groups is 5. The summed E-state index contributed by atoms with van der Waals surface area (Å²) in [6.45, 7) is 2.08. The average Bonchev–Trinajstić information content (AvgIpc) is 2.78. The molecule has 1 unspecified atom stereocenters. The van der Waals surface area contributed by atoms with Crippen LogP contribution in [0.4, 0.5) is 0 Å². The summed E-state index contributed by atoms with van der Waals surface area (Å²) in [5.41, 5.74) is -6.14. The Hall–Kier alpha value is -1.35. The first-order valence-corrected chi connectivity index (χ1v) is 7.33. The summed E-state index contributed by atoms with van der Waals surface area (Å²) >= 11 is 0. The Labute approximate surface area is 132 Å². The fourth-order valence-electron chi connectivity index (χ4n) is 3.79. The topological polar surface area (TPSA) is 127 Å². The van der Waals surface area contributed by atoms with Gasteiger partial charge < -0.3 is 30.3 Å². The van der Waals surface area contributed by atoms with E-state index < -0.39 is 47.0 Å². The third-order valence-corrected chi connectivity index (χ3v) is 5.36. The second-order valence-electron chi connectivity index (χ2n) is 6.73. The summed E-state index contributed by atoms with van der Waals surface area (Å²) in [5.74, 6) is -3.08. The second-order valence-corrected chi connectivity index (χ2v) is 6.73. The molecule has 0 aromatic heterocycles. The fourth-order valence-corrected chi connectivity index (χ4v) is 3.79. The molecule has 2 aliphatic rings. The summed E-state index contributed by atoms with van der Waals surface area (Å²) in [7, 11) is 0. The van der Waals surface area contributed by atoms with Gasteiger partial charge in [-0.05, 0) is 0 Å². The lowest BCUT2D eigenvalue weighted by molar-refractivity contribution is -0.207. The Morgan fingerprint density at radius 1 is 1.22 bits per heavy atom. The minimum Gasteiger partial charge on any atom is -0.394 e. The molecule has 1 aliphatic heterocycles. The molecule has 2 fully saturated rings. The number of carbonyl (C=O) groups excluding carboxylic acids is 1. The third kappa shape index (κ3) is 1.57. The number of aliphatic hydroxyl groups excluding tert-OH is 2. The molecule has 126 valence electrons. The highest BCUT2D eigenvalue weighted by atomic mass is 16.7. The van der Waals surface area contributed by atoms with Gasteiger partial charge in [-0.1, -0.05) is 44.2 Å². The van der Waals surface area contributed by atoms with Crippen LogP contribution >= 0.6 is 0 Å². The Morgan fingerprint density at radius 3 is 2.30 bits per heavy atom. The number of hydrogen-bond acceptors (Lipinski definition) is 7. The molecule has 1 heterocycles. The number of benzene rings is 1. The molecule has 3 rings (SSSR count). The summed E-state index contributed by atoms with van der Waals surface area (Å²) in [5, 5.41) is 51.6. The largest absolute Gasteiger partial charge is 0.394 e. The highest BCUT2D eigenvalue weighted by molar-refractivity contribution is 6.05. The van der Waals surface area contributed by atoms with Crippen LogP contribution in [0.2, 0.25) is 0 Å². The van der Waals surface area contributed by atoms with Crippen LogP contribution in [-0.4, -0.2) is 67.1 Å². The molecule has 0 bridgehead atoms. The van der Waals surface area contributed by atoms with Crippen molar-refractivity contribution in [1.82, 2.24) is 0 Å². The smallest absolute Gasteiger partial charge is 0.208 e. The van der Waals surface area contributed by atoms with Gasteiger partial charge in [0.1, 0.15) is 12.2 Å². The first-order valence-electron chi connectivity index (χ1n) is 7.33. The SMILES string of the molecule is CC1(C)C2(O)O[C@H]([C@H](O)CO)[C@](O)(C(=O)c3ccccc3)[C@]12O. The molecule has 1 aliphatic carbocycles. The Kier molecular flexibility index (Phi) is 3.30. The Bertz CT molecular complexity index is 645. The molecule has 5 N–H and O–H groups in total. The van der Waals surface area contributed by atoms with Gasteiger partial charge >= 0.3 is 0 Å². The van der Waals surface area contributed by atoms with Crippen molar-refractivity contribution in [2.45, 2.75) is 43.0 Å². The number of carbonyl (C=O) groups is 1. The molecule has 0 radical (unpaired) electrons. The maximum absolute atomic E-state index is 12.9. The van der Waals surface area contributed by atoms with Crippen molar-refractivity contribution >= 4 is 5.78 Å². The highest BCUT2D eigenvalue weighted by Crippen LogP contribution is 2.75. The van der Waals surface area contributed by atoms with E-state index in [1.165, 1.54) is 26.0 Å². The number of hydrogen-bond donors (Lipinski definition) is 5. The first kappa shape index (κ1) is 16.5. The van der Waals surface area contributed by atoms with E-state index in [1.54, 1.807) is 18.2 Å². The summed E-state index contributed by atoms with van der Waals surface area (Å²) < 4.78 is 5.28. The molecule has 1 aromatic carbocycles.